The summed E-state index contributed by atoms with van der Waals surface area (Å²) < 4.78 is 36.1. The largest absolute Gasteiger partial charge is 0.265 e. The maximum Gasteiger partial charge on any atom is 0.265 e. The van der Waals surface area contributed by atoms with Crippen molar-refractivity contribution in [3.8, 4) is 0 Å². The van der Waals surface area contributed by atoms with Crippen molar-refractivity contribution in [2.24, 2.45) is 0 Å². The zero-order valence-corrected chi connectivity index (χ0v) is 6.65. The molecule has 0 amide bonds. The highest BCUT2D eigenvalue weighted by Gasteiger charge is 2.10. The van der Waals surface area contributed by atoms with Crippen LogP contribution in [0.5, 0.6) is 0 Å². The van der Waals surface area contributed by atoms with Crippen LogP contribution in [-0.4, -0.2) is 4.98 Å². The van der Waals surface area contributed by atoms with Gasteiger partial charge in [-0.1, -0.05) is 11.6 Å². The molecule has 1 nitrogen and oxygen atoms in total. The van der Waals surface area contributed by atoms with Crippen molar-refractivity contribution in [3.05, 3.63) is 28.5 Å². The van der Waals surface area contributed by atoms with E-state index >= 15 is 0 Å². The van der Waals surface area contributed by atoms with Crippen LogP contribution in [0.3, 0.4) is 0 Å². The number of nitrogens with zero attached hydrogens (tertiary/aromatic N) is 1. The Balaban J connectivity index is 3.05. The molecule has 1 rings (SSSR count). The van der Waals surface area contributed by atoms with Gasteiger partial charge in [0.2, 0.25) is 0 Å². The van der Waals surface area contributed by atoms with Crippen LogP contribution in [0, 0.1) is 0 Å². The van der Waals surface area contributed by atoms with Crippen LogP contribution in [0.25, 0.3) is 0 Å². The summed E-state index contributed by atoms with van der Waals surface area (Å²) in [7, 11) is 0. The Morgan fingerprint density at radius 2 is 2.17 bits per heavy atom. The normalized spacial score (nSPS) is 10.8. The summed E-state index contributed by atoms with van der Waals surface area (Å²) in [5, 5.41) is -0.0677. The number of hydrogen-bond acceptors (Lipinski definition) is 1. The summed E-state index contributed by atoms with van der Waals surface area (Å²) in [6, 6.07) is 1.01. The van der Waals surface area contributed by atoms with Gasteiger partial charge in [-0.25, -0.2) is 18.2 Å². The second-order valence-electron chi connectivity index (χ2n) is 2.15. The van der Waals surface area contributed by atoms with Gasteiger partial charge in [0.1, 0.15) is 11.8 Å². The first-order chi connectivity index (χ1) is 5.65. The van der Waals surface area contributed by atoms with Crippen molar-refractivity contribution < 1.29 is 13.2 Å². The lowest BCUT2D eigenvalue weighted by molar-refractivity contribution is 0.151. The smallest absolute Gasteiger partial charge is 0.246 e. The van der Waals surface area contributed by atoms with Crippen molar-refractivity contribution in [1.29, 1.82) is 0 Å². The van der Waals surface area contributed by atoms with Crippen LogP contribution >= 0.6 is 11.6 Å². The van der Waals surface area contributed by atoms with E-state index in [1.807, 2.05) is 0 Å². The van der Waals surface area contributed by atoms with Crippen molar-refractivity contribution in [2.75, 3.05) is 0 Å². The molecule has 0 bridgehead atoms. The van der Waals surface area contributed by atoms with E-state index in [4.69, 9.17) is 11.6 Å². The minimum absolute atomic E-state index is 0.00512. The van der Waals surface area contributed by atoms with Crippen molar-refractivity contribution in [3.63, 3.8) is 0 Å². The maximum atomic E-state index is 12.1. The number of rotatable bonds is 2. The summed E-state index contributed by atoms with van der Waals surface area (Å²) in [4.78, 5) is 3.42. The number of alkyl halides is 3. The fraction of sp³-hybridized carbons (Fsp3) is 0.286. The Morgan fingerprint density at radius 3 is 2.67 bits per heavy atom. The lowest BCUT2D eigenvalue weighted by atomic mass is 10.2. The minimum Gasteiger partial charge on any atom is -0.246 e. The van der Waals surface area contributed by atoms with Crippen molar-refractivity contribution >= 4 is 11.6 Å². The van der Waals surface area contributed by atoms with Gasteiger partial charge in [0.05, 0.1) is 0 Å². The van der Waals surface area contributed by atoms with Crippen LogP contribution in [0.4, 0.5) is 13.2 Å². The summed E-state index contributed by atoms with van der Waals surface area (Å²) in [6.45, 7) is -0.883. The van der Waals surface area contributed by atoms with E-state index in [9.17, 15) is 13.2 Å². The van der Waals surface area contributed by atoms with Crippen LogP contribution in [0.2, 0.25) is 5.15 Å². The minimum atomic E-state index is -2.64. The van der Waals surface area contributed by atoms with Crippen LogP contribution < -0.4 is 0 Å². The van der Waals surface area contributed by atoms with E-state index in [0.717, 1.165) is 12.3 Å². The summed E-state index contributed by atoms with van der Waals surface area (Å²) in [5.74, 6) is 0. The van der Waals surface area contributed by atoms with Crippen LogP contribution in [0.15, 0.2) is 12.3 Å². The molecule has 0 N–H and O–H groups in total. The second-order valence-corrected chi connectivity index (χ2v) is 2.51. The predicted octanol–water partition coefficient (Wildman–Crippen LogP) is 3.14. The molecular weight excluding hydrogens is 191 g/mol. The van der Waals surface area contributed by atoms with Gasteiger partial charge in [-0.3, -0.25) is 0 Å². The molecule has 1 heterocycles. The summed E-state index contributed by atoms with van der Waals surface area (Å²) in [5.41, 5.74) is -0.318. The fourth-order valence-electron chi connectivity index (χ4n) is 0.725. The quantitative estimate of drug-likeness (QED) is 0.661. The highest BCUT2D eigenvalue weighted by molar-refractivity contribution is 6.30. The van der Waals surface area contributed by atoms with Gasteiger partial charge in [-0.2, -0.15) is 0 Å². The van der Waals surface area contributed by atoms with Gasteiger partial charge in [0.25, 0.3) is 6.43 Å². The topological polar surface area (TPSA) is 12.9 Å². The first kappa shape index (κ1) is 9.32. The molecule has 1 aromatic rings. The zero-order chi connectivity index (χ0) is 9.14. The molecule has 1 aromatic heterocycles. The SMILES string of the molecule is FCc1cc(C(F)F)cnc1Cl. The average molecular weight is 196 g/mol. The van der Waals surface area contributed by atoms with Crippen LogP contribution in [0.1, 0.15) is 17.6 Å². The molecule has 0 aromatic carbocycles. The lowest BCUT2D eigenvalue weighted by Gasteiger charge is -2.01. The third-order valence-electron chi connectivity index (χ3n) is 1.33. The standard InChI is InChI=1S/C7H5ClF3N/c8-6-4(2-9)1-5(3-12-6)7(10)11/h1,3,7H,2H2. The first-order valence-electron chi connectivity index (χ1n) is 3.13. The Bertz CT molecular complexity index is 277. The molecule has 0 aliphatic carbocycles. The van der Waals surface area contributed by atoms with Gasteiger partial charge in [0, 0.05) is 17.3 Å². The number of aromatic nitrogens is 1. The molecule has 0 saturated carbocycles. The second kappa shape index (κ2) is 3.76. The van der Waals surface area contributed by atoms with Crippen molar-refractivity contribution in [1.82, 2.24) is 4.98 Å². The number of halogens is 4. The Morgan fingerprint density at radius 1 is 1.50 bits per heavy atom. The zero-order valence-electron chi connectivity index (χ0n) is 5.90. The molecule has 0 atom stereocenters. The molecule has 0 aliphatic heterocycles. The first-order valence-corrected chi connectivity index (χ1v) is 3.51. The molecule has 0 unspecified atom stereocenters. The van der Waals surface area contributed by atoms with E-state index in [1.54, 1.807) is 0 Å². The molecule has 12 heavy (non-hydrogen) atoms. The lowest BCUT2D eigenvalue weighted by Crippen LogP contribution is -1.91. The molecule has 0 fully saturated rings. The van der Waals surface area contributed by atoms with Gasteiger partial charge in [-0.05, 0) is 6.07 Å². The molecule has 0 radical (unpaired) electrons. The summed E-state index contributed by atoms with van der Waals surface area (Å²) >= 11 is 5.41. The Hall–Kier alpha value is -0.770. The van der Waals surface area contributed by atoms with E-state index in [1.165, 1.54) is 0 Å². The number of pyridine rings is 1. The fourth-order valence-corrected chi connectivity index (χ4v) is 0.879. The van der Waals surface area contributed by atoms with Gasteiger partial charge >= 0.3 is 0 Å². The Kier molecular flexibility index (Phi) is 2.92. The summed E-state index contributed by atoms with van der Waals surface area (Å²) in [6.07, 6.45) is -1.70. The van der Waals surface area contributed by atoms with Crippen LogP contribution in [-0.2, 0) is 6.67 Å². The molecule has 0 saturated heterocycles. The third kappa shape index (κ3) is 1.88. The number of hydrogen-bond donors (Lipinski definition) is 0. The molecule has 5 heteroatoms. The Labute approximate surface area is 72.2 Å². The van der Waals surface area contributed by atoms with Gasteiger partial charge in [0.15, 0.2) is 0 Å². The highest BCUT2D eigenvalue weighted by atomic mass is 35.5. The average Bonchev–Trinajstić information content (AvgIpc) is 2.05. The molecule has 0 spiro atoms. The third-order valence-corrected chi connectivity index (χ3v) is 1.67. The predicted molar refractivity (Wildman–Crippen MR) is 39.0 cm³/mol. The van der Waals surface area contributed by atoms with E-state index < -0.39 is 13.1 Å². The molecule has 0 aliphatic rings. The van der Waals surface area contributed by atoms with Gasteiger partial charge in [-0.15, -0.1) is 0 Å². The van der Waals surface area contributed by atoms with E-state index in [-0.39, 0.29) is 16.3 Å². The highest BCUT2D eigenvalue weighted by Crippen LogP contribution is 2.22. The van der Waals surface area contributed by atoms with E-state index in [2.05, 4.69) is 4.98 Å². The molecular formula is C7H5ClF3N. The van der Waals surface area contributed by atoms with Crippen molar-refractivity contribution in [2.45, 2.75) is 13.1 Å². The molecule has 66 valence electrons. The monoisotopic (exact) mass is 195 g/mol. The maximum absolute atomic E-state index is 12.1. The van der Waals surface area contributed by atoms with Gasteiger partial charge < -0.3 is 0 Å². The van der Waals surface area contributed by atoms with E-state index in [0.29, 0.717) is 0 Å².